The molecule has 26 heavy (non-hydrogen) atoms. The third-order valence-corrected chi connectivity index (χ3v) is 5.26. The van der Waals surface area contributed by atoms with Gasteiger partial charge in [-0.25, -0.2) is 4.57 Å². The maximum atomic E-state index is 13.3. The molecule has 0 saturated carbocycles. The van der Waals surface area contributed by atoms with Crippen molar-refractivity contribution in [3.8, 4) is 5.69 Å². The minimum absolute atomic E-state index is 0.0885. The van der Waals surface area contributed by atoms with E-state index in [1.807, 2.05) is 66.8 Å². The van der Waals surface area contributed by atoms with Crippen LogP contribution in [0.15, 0.2) is 65.1 Å². The van der Waals surface area contributed by atoms with E-state index in [2.05, 4.69) is 16.8 Å². The second-order valence-electron chi connectivity index (χ2n) is 6.17. The Balaban J connectivity index is 2.17. The van der Waals surface area contributed by atoms with E-state index in [9.17, 15) is 4.79 Å². The van der Waals surface area contributed by atoms with Crippen LogP contribution < -0.4 is 5.56 Å². The zero-order valence-corrected chi connectivity index (χ0v) is 15.5. The van der Waals surface area contributed by atoms with Gasteiger partial charge < -0.3 is 0 Å². The van der Waals surface area contributed by atoms with Crippen molar-refractivity contribution in [1.82, 2.24) is 19.2 Å². The summed E-state index contributed by atoms with van der Waals surface area (Å²) in [6, 6.07) is 13.6. The van der Waals surface area contributed by atoms with Crippen LogP contribution in [0, 0.1) is 13.8 Å². The van der Waals surface area contributed by atoms with Gasteiger partial charge in [-0.1, -0.05) is 42.1 Å². The number of aromatic nitrogens is 4. The molecule has 0 radical (unpaired) electrons. The Bertz CT molecular complexity index is 1210. The molecular weight excluding hydrogens is 344 g/mol. The first-order valence-electron chi connectivity index (χ1n) is 8.32. The van der Waals surface area contributed by atoms with Gasteiger partial charge in [0.25, 0.3) is 5.56 Å². The predicted octanol–water partition coefficient (Wildman–Crippen LogP) is 3.93. The summed E-state index contributed by atoms with van der Waals surface area (Å²) in [5.41, 5.74) is 3.65. The van der Waals surface area contributed by atoms with Gasteiger partial charge in [0.05, 0.1) is 16.6 Å². The fourth-order valence-electron chi connectivity index (χ4n) is 3.08. The van der Waals surface area contributed by atoms with Crippen molar-refractivity contribution in [3.63, 3.8) is 0 Å². The summed E-state index contributed by atoms with van der Waals surface area (Å²) in [5, 5.41) is 10.1. The highest BCUT2D eigenvalue weighted by Gasteiger charge is 2.18. The lowest BCUT2D eigenvalue weighted by Crippen LogP contribution is -2.22. The molecule has 4 rings (SSSR count). The number of rotatable bonds is 4. The summed E-state index contributed by atoms with van der Waals surface area (Å²) < 4.78 is 3.61. The SMILES string of the molecule is C=CCSc1nnc2n(-c3cc(C)ccc3C)c(=O)c3ccccc3n12. The van der Waals surface area contributed by atoms with Crippen molar-refractivity contribution in [2.75, 3.05) is 5.75 Å². The van der Waals surface area contributed by atoms with Gasteiger partial charge in [0.2, 0.25) is 5.78 Å². The summed E-state index contributed by atoms with van der Waals surface area (Å²) in [6.07, 6.45) is 1.83. The Kier molecular flexibility index (Phi) is 4.12. The van der Waals surface area contributed by atoms with E-state index in [-0.39, 0.29) is 5.56 Å². The van der Waals surface area contributed by atoms with E-state index in [4.69, 9.17) is 0 Å². The summed E-state index contributed by atoms with van der Waals surface area (Å²) in [4.78, 5) is 13.3. The number of hydrogen-bond acceptors (Lipinski definition) is 4. The molecule has 0 aliphatic carbocycles. The van der Waals surface area contributed by atoms with Crippen LogP contribution in [0.1, 0.15) is 11.1 Å². The molecular formula is C20H18N4OS. The number of fused-ring (bicyclic) bond motifs is 3. The molecule has 2 aromatic carbocycles. The summed E-state index contributed by atoms with van der Waals surface area (Å²) >= 11 is 1.54. The van der Waals surface area contributed by atoms with Crippen molar-refractivity contribution in [2.24, 2.45) is 0 Å². The molecule has 2 aromatic heterocycles. The summed E-state index contributed by atoms with van der Waals surface area (Å²) in [5.74, 6) is 1.24. The van der Waals surface area contributed by atoms with Gasteiger partial charge in [-0.2, -0.15) is 0 Å². The maximum Gasteiger partial charge on any atom is 0.267 e. The van der Waals surface area contributed by atoms with Crippen LogP contribution in [0.3, 0.4) is 0 Å². The second-order valence-corrected chi connectivity index (χ2v) is 7.15. The average molecular weight is 362 g/mol. The summed E-state index contributed by atoms with van der Waals surface area (Å²) in [7, 11) is 0. The molecule has 0 atom stereocenters. The van der Waals surface area contributed by atoms with Crippen LogP contribution in [-0.2, 0) is 0 Å². The van der Waals surface area contributed by atoms with Crippen LogP contribution in [0.2, 0.25) is 0 Å². The third kappa shape index (κ3) is 2.54. The van der Waals surface area contributed by atoms with E-state index >= 15 is 0 Å². The van der Waals surface area contributed by atoms with Gasteiger partial charge in [0.15, 0.2) is 5.16 Å². The molecule has 0 unspecified atom stereocenters. The van der Waals surface area contributed by atoms with Crippen LogP contribution >= 0.6 is 11.8 Å². The van der Waals surface area contributed by atoms with Gasteiger partial charge in [-0.05, 0) is 43.2 Å². The van der Waals surface area contributed by atoms with Gasteiger partial charge >= 0.3 is 0 Å². The van der Waals surface area contributed by atoms with Crippen LogP contribution in [0.25, 0.3) is 22.4 Å². The highest BCUT2D eigenvalue weighted by atomic mass is 32.2. The van der Waals surface area contributed by atoms with E-state index in [0.717, 1.165) is 33.2 Å². The highest BCUT2D eigenvalue weighted by Crippen LogP contribution is 2.24. The van der Waals surface area contributed by atoms with Crippen molar-refractivity contribution < 1.29 is 0 Å². The lowest BCUT2D eigenvalue weighted by Gasteiger charge is -2.13. The molecule has 6 heteroatoms. The molecule has 0 aliphatic heterocycles. The van der Waals surface area contributed by atoms with E-state index in [1.54, 1.807) is 16.3 Å². The molecule has 0 spiro atoms. The molecule has 0 amide bonds. The number of benzene rings is 2. The first-order chi connectivity index (χ1) is 12.6. The topological polar surface area (TPSA) is 52.2 Å². The molecule has 2 heterocycles. The zero-order chi connectivity index (χ0) is 18.3. The van der Waals surface area contributed by atoms with Crippen molar-refractivity contribution in [3.05, 3.63) is 76.6 Å². The van der Waals surface area contributed by atoms with Gasteiger partial charge in [0.1, 0.15) is 0 Å². The fourth-order valence-corrected chi connectivity index (χ4v) is 3.76. The van der Waals surface area contributed by atoms with E-state index in [1.165, 1.54) is 0 Å². The number of para-hydroxylation sites is 1. The maximum absolute atomic E-state index is 13.3. The van der Waals surface area contributed by atoms with Crippen molar-refractivity contribution in [2.45, 2.75) is 19.0 Å². The molecule has 0 bridgehead atoms. The average Bonchev–Trinajstić information content (AvgIpc) is 3.06. The van der Waals surface area contributed by atoms with Crippen LogP contribution in [-0.4, -0.2) is 24.9 Å². The lowest BCUT2D eigenvalue weighted by molar-refractivity contribution is 0.929. The number of aryl methyl sites for hydroxylation is 2. The molecule has 0 aliphatic rings. The number of thioether (sulfide) groups is 1. The number of nitrogens with zero attached hydrogens (tertiary/aromatic N) is 4. The second kappa shape index (κ2) is 6.46. The Hall–Kier alpha value is -2.86. The van der Waals surface area contributed by atoms with Gasteiger partial charge in [-0.3, -0.25) is 9.20 Å². The number of hydrogen-bond donors (Lipinski definition) is 0. The normalized spacial score (nSPS) is 11.3. The molecule has 0 fully saturated rings. The Morgan fingerprint density at radius 1 is 1.15 bits per heavy atom. The minimum Gasteiger partial charge on any atom is -0.268 e. The predicted molar refractivity (Wildman–Crippen MR) is 106 cm³/mol. The highest BCUT2D eigenvalue weighted by molar-refractivity contribution is 7.99. The first-order valence-corrected chi connectivity index (χ1v) is 9.30. The minimum atomic E-state index is -0.0885. The molecule has 0 N–H and O–H groups in total. The quantitative estimate of drug-likeness (QED) is 0.408. The molecule has 0 saturated heterocycles. The summed E-state index contributed by atoms with van der Waals surface area (Å²) in [6.45, 7) is 7.78. The van der Waals surface area contributed by atoms with Crippen molar-refractivity contribution >= 4 is 28.4 Å². The molecule has 5 nitrogen and oxygen atoms in total. The fraction of sp³-hybridized carbons (Fsp3) is 0.150. The smallest absolute Gasteiger partial charge is 0.267 e. The molecule has 130 valence electrons. The first kappa shape index (κ1) is 16.6. The largest absolute Gasteiger partial charge is 0.268 e. The standard InChI is InChI=1S/C20H18N4OS/c1-4-11-26-20-22-21-19-23(17-12-13(2)9-10-14(17)3)18(25)15-7-5-6-8-16(15)24(19)20/h4-10,12H,1,11H2,2-3H3. The van der Waals surface area contributed by atoms with E-state index in [0.29, 0.717) is 11.2 Å². The zero-order valence-electron chi connectivity index (χ0n) is 14.6. The van der Waals surface area contributed by atoms with E-state index < -0.39 is 0 Å². The lowest BCUT2D eigenvalue weighted by atomic mass is 10.1. The van der Waals surface area contributed by atoms with Crippen LogP contribution in [0.5, 0.6) is 0 Å². The Labute approximate surface area is 155 Å². The van der Waals surface area contributed by atoms with Crippen molar-refractivity contribution in [1.29, 1.82) is 0 Å². The van der Waals surface area contributed by atoms with Crippen LogP contribution in [0.4, 0.5) is 0 Å². The van der Waals surface area contributed by atoms with Gasteiger partial charge in [-0.15, -0.1) is 16.8 Å². The third-order valence-electron chi connectivity index (χ3n) is 4.33. The Morgan fingerprint density at radius 2 is 1.96 bits per heavy atom. The van der Waals surface area contributed by atoms with Gasteiger partial charge in [0, 0.05) is 5.75 Å². The molecule has 4 aromatic rings. The Morgan fingerprint density at radius 3 is 2.77 bits per heavy atom. The monoisotopic (exact) mass is 362 g/mol.